The van der Waals surface area contributed by atoms with Crippen LogP contribution in [0.1, 0.15) is 88.5 Å². The molecule has 1 aliphatic heterocycles. The fraction of sp³-hybridized carbons (Fsp3) is 1.00. The summed E-state index contributed by atoms with van der Waals surface area (Å²) < 4.78 is 30.1. The third kappa shape index (κ3) is 6.04. The molecule has 0 saturated carbocycles. The number of rotatable bonds is 11. The highest BCUT2D eigenvalue weighted by molar-refractivity contribution is 7.47. The van der Waals surface area contributed by atoms with Crippen molar-refractivity contribution < 1.29 is 23.2 Å². The first-order valence-corrected chi connectivity index (χ1v) is 12.6. The van der Waals surface area contributed by atoms with E-state index < -0.39 is 20.0 Å². The van der Waals surface area contributed by atoms with Crippen LogP contribution in [0.15, 0.2) is 0 Å². The van der Waals surface area contributed by atoms with Crippen molar-refractivity contribution in [1.29, 1.82) is 0 Å². The minimum absolute atomic E-state index is 0.0315. The highest BCUT2D eigenvalue weighted by Crippen LogP contribution is 2.55. The molecule has 0 bridgehead atoms. The topological polar surface area (TPSA) is 65.0 Å². The third-order valence-corrected chi connectivity index (χ3v) is 8.80. The fourth-order valence-corrected chi connectivity index (χ4v) is 5.98. The molecule has 9 atom stereocenters. The lowest BCUT2D eigenvalue weighted by atomic mass is 9.59. The van der Waals surface area contributed by atoms with Gasteiger partial charge in [0.2, 0.25) is 0 Å². The van der Waals surface area contributed by atoms with Gasteiger partial charge in [-0.15, -0.1) is 0 Å². The summed E-state index contributed by atoms with van der Waals surface area (Å²) in [7, 11) is -4.20. The van der Waals surface area contributed by atoms with Gasteiger partial charge in [0.25, 0.3) is 0 Å². The van der Waals surface area contributed by atoms with Gasteiger partial charge >= 0.3 is 7.82 Å². The minimum Gasteiger partial charge on any atom is -0.372 e. The van der Waals surface area contributed by atoms with Crippen molar-refractivity contribution in [3.63, 3.8) is 0 Å². The average molecular weight is 421 g/mol. The maximum Gasteiger partial charge on any atom is 0.472 e. The van der Waals surface area contributed by atoms with Crippen LogP contribution in [0.5, 0.6) is 0 Å². The number of hydrogen-bond donors (Lipinski definition) is 1. The lowest BCUT2D eigenvalue weighted by molar-refractivity contribution is -0.0680. The van der Waals surface area contributed by atoms with E-state index in [1.54, 1.807) is 0 Å². The highest BCUT2D eigenvalue weighted by atomic mass is 31.2. The molecule has 0 aromatic rings. The van der Waals surface area contributed by atoms with Crippen LogP contribution in [0.4, 0.5) is 0 Å². The SMILES string of the molecule is CCC(C)C(C)C(C)(C(C)OP(=O)(O)O[C@@H]1C[C@H](C)O[C@@H]1CC)C(C)C(C)C. The van der Waals surface area contributed by atoms with Gasteiger partial charge in [0, 0.05) is 6.42 Å². The molecule has 0 aromatic carbocycles. The summed E-state index contributed by atoms with van der Waals surface area (Å²) in [5.74, 6) is 1.59. The van der Waals surface area contributed by atoms with Crippen LogP contribution in [-0.2, 0) is 18.3 Å². The standard InChI is InChI=1S/C22H45O5P/c1-11-15(5)18(8)22(10,17(7)14(3)4)19(9)26-28(23,24)27-21-13-16(6)25-20(21)12-2/h14-21H,11-13H2,1-10H3,(H,23,24)/t15?,16-,17?,18?,19?,20+,21+,22?/m0/s1. The Balaban J connectivity index is 3.02. The van der Waals surface area contributed by atoms with Crippen molar-refractivity contribution in [3.8, 4) is 0 Å². The van der Waals surface area contributed by atoms with Gasteiger partial charge < -0.3 is 9.63 Å². The van der Waals surface area contributed by atoms with Crippen molar-refractivity contribution in [2.24, 2.45) is 29.1 Å². The van der Waals surface area contributed by atoms with Crippen molar-refractivity contribution in [3.05, 3.63) is 0 Å². The van der Waals surface area contributed by atoms with Crippen LogP contribution in [0.25, 0.3) is 0 Å². The lowest BCUT2D eigenvalue weighted by Gasteiger charge is -2.49. The van der Waals surface area contributed by atoms with E-state index >= 15 is 0 Å². The predicted molar refractivity (Wildman–Crippen MR) is 115 cm³/mol. The summed E-state index contributed by atoms with van der Waals surface area (Å²) in [5, 5.41) is 0. The molecule has 0 radical (unpaired) electrons. The fourth-order valence-electron chi connectivity index (χ4n) is 4.74. The van der Waals surface area contributed by atoms with Crippen LogP contribution in [-0.4, -0.2) is 29.3 Å². The first-order valence-electron chi connectivity index (χ1n) is 11.1. The first-order chi connectivity index (χ1) is 12.8. The van der Waals surface area contributed by atoms with Gasteiger partial charge in [0.15, 0.2) is 0 Å². The van der Waals surface area contributed by atoms with Crippen LogP contribution >= 0.6 is 7.82 Å². The van der Waals surface area contributed by atoms with Crippen molar-refractivity contribution in [2.75, 3.05) is 0 Å². The summed E-state index contributed by atoms with van der Waals surface area (Å²) in [6.45, 7) is 21.4. The summed E-state index contributed by atoms with van der Waals surface area (Å²) >= 11 is 0. The molecule has 1 aliphatic rings. The maximum absolute atomic E-state index is 12.9. The van der Waals surface area contributed by atoms with E-state index in [0.717, 1.165) is 12.8 Å². The Morgan fingerprint density at radius 1 is 1.14 bits per heavy atom. The Morgan fingerprint density at radius 3 is 2.18 bits per heavy atom. The zero-order valence-electron chi connectivity index (χ0n) is 19.8. The molecule has 6 heteroatoms. The number of hydrogen-bond acceptors (Lipinski definition) is 4. The van der Waals surface area contributed by atoms with Crippen LogP contribution in [0.2, 0.25) is 0 Å². The molecule has 0 spiro atoms. The van der Waals surface area contributed by atoms with E-state index in [1.165, 1.54) is 0 Å². The highest BCUT2D eigenvalue weighted by Gasteiger charge is 2.48. The largest absolute Gasteiger partial charge is 0.472 e. The molecule has 6 unspecified atom stereocenters. The molecule has 1 rings (SSSR count). The van der Waals surface area contributed by atoms with Crippen molar-refractivity contribution in [1.82, 2.24) is 0 Å². The van der Waals surface area contributed by atoms with Gasteiger partial charge in [-0.25, -0.2) is 4.57 Å². The zero-order valence-corrected chi connectivity index (χ0v) is 20.7. The maximum atomic E-state index is 12.9. The lowest BCUT2D eigenvalue weighted by Crippen LogP contribution is -2.47. The quantitative estimate of drug-likeness (QED) is 0.389. The van der Waals surface area contributed by atoms with Gasteiger partial charge in [-0.2, -0.15) is 0 Å². The summed E-state index contributed by atoms with van der Waals surface area (Å²) in [6, 6.07) is 0. The van der Waals surface area contributed by atoms with Crippen LogP contribution in [0.3, 0.4) is 0 Å². The zero-order chi connectivity index (χ0) is 21.9. The first kappa shape index (κ1) is 26.1. The van der Waals surface area contributed by atoms with E-state index in [-0.39, 0.29) is 17.6 Å². The number of ether oxygens (including phenoxy) is 1. The Labute approximate surface area is 173 Å². The van der Waals surface area contributed by atoms with Crippen LogP contribution < -0.4 is 0 Å². The van der Waals surface area contributed by atoms with Crippen LogP contribution in [0, 0.1) is 29.1 Å². The molecular formula is C22H45O5P. The smallest absolute Gasteiger partial charge is 0.372 e. The van der Waals surface area contributed by atoms with Gasteiger partial charge in [0.1, 0.15) is 0 Å². The van der Waals surface area contributed by atoms with E-state index in [9.17, 15) is 9.46 Å². The second kappa shape index (κ2) is 10.4. The van der Waals surface area contributed by atoms with Gasteiger partial charge in [-0.3, -0.25) is 9.05 Å². The molecule has 1 N–H and O–H groups in total. The molecule has 168 valence electrons. The molecule has 0 aromatic heterocycles. The average Bonchev–Trinajstić information content (AvgIpc) is 2.96. The molecule has 5 nitrogen and oxygen atoms in total. The Hall–Kier alpha value is 0.0700. The minimum atomic E-state index is -4.20. The predicted octanol–water partition coefficient (Wildman–Crippen LogP) is 6.45. The molecule has 1 heterocycles. The van der Waals surface area contributed by atoms with E-state index in [1.807, 2.05) is 20.8 Å². The van der Waals surface area contributed by atoms with Crippen molar-refractivity contribution in [2.45, 2.75) is 113 Å². The number of phosphoric acid groups is 1. The van der Waals surface area contributed by atoms with E-state index in [2.05, 4.69) is 48.5 Å². The molecule has 28 heavy (non-hydrogen) atoms. The van der Waals surface area contributed by atoms with E-state index in [4.69, 9.17) is 13.8 Å². The van der Waals surface area contributed by atoms with Crippen molar-refractivity contribution >= 4 is 7.82 Å². The normalized spacial score (nSPS) is 31.8. The third-order valence-electron chi connectivity index (χ3n) is 7.68. The second-order valence-corrected chi connectivity index (χ2v) is 10.9. The summed E-state index contributed by atoms with van der Waals surface area (Å²) in [6.07, 6.45) is 1.49. The van der Waals surface area contributed by atoms with Gasteiger partial charge in [-0.1, -0.05) is 61.8 Å². The Kier molecular flexibility index (Phi) is 9.69. The van der Waals surface area contributed by atoms with E-state index in [0.29, 0.717) is 30.1 Å². The van der Waals surface area contributed by atoms with Gasteiger partial charge in [-0.05, 0) is 49.4 Å². The summed E-state index contributed by atoms with van der Waals surface area (Å²) in [5.41, 5.74) is -0.255. The Morgan fingerprint density at radius 2 is 1.71 bits per heavy atom. The molecular weight excluding hydrogens is 375 g/mol. The molecule has 0 aliphatic carbocycles. The second-order valence-electron chi connectivity index (χ2n) is 9.56. The number of phosphoric ester groups is 1. The summed E-state index contributed by atoms with van der Waals surface area (Å²) in [4.78, 5) is 10.6. The molecule has 1 saturated heterocycles. The molecule has 0 amide bonds. The van der Waals surface area contributed by atoms with Gasteiger partial charge in [0.05, 0.1) is 24.4 Å². The molecule has 1 fully saturated rings. The Bertz CT molecular complexity index is 525. The monoisotopic (exact) mass is 420 g/mol.